The van der Waals surface area contributed by atoms with Crippen molar-refractivity contribution in [3.8, 4) is 0 Å². The van der Waals surface area contributed by atoms with Crippen molar-refractivity contribution in [3.05, 3.63) is 58.1 Å². The van der Waals surface area contributed by atoms with Crippen molar-refractivity contribution in [2.24, 2.45) is 0 Å². The SMILES string of the molecule is Cc1ccccc1Sc1ccc(CNC(C)(C)C)cc1Br. The molecule has 2 aromatic carbocycles. The van der Waals surface area contributed by atoms with Crippen LogP contribution in [0.2, 0.25) is 0 Å². The molecule has 0 spiro atoms. The summed E-state index contributed by atoms with van der Waals surface area (Å²) in [5.74, 6) is 0. The number of nitrogens with one attached hydrogen (secondary N) is 1. The van der Waals surface area contributed by atoms with Crippen molar-refractivity contribution in [1.29, 1.82) is 0 Å². The highest BCUT2D eigenvalue weighted by molar-refractivity contribution is 9.10. The van der Waals surface area contributed by atoms with E-state index in [9.17, 15) is 0 Å². The van der Waals surface area contributed by atoms with Crippen LogP contribution in [0.1, 0.15) is 31.9 Å². The van der Waals surface area contributed by atoms with Gasteiger partial charge in [-0.25, -0.2) is 0 Å². The van der Waals surface area contributed by atoms with E-state index in [4.69, 9.17) is 0 Å². The number of halogens is 1. The molecule has 112 valence electrons. The highest BCUT2D eigenvalue weighted by Crippen LogP contribution is 2.35. The Bertz CT molecular complexity index is 617. The summed E-state index contributed by atoms with van der Waals surface area (Å²) >= 11 is 5.51. The average Bonchev–Trinajstić information content (AvgIpc) is 2.41. The minimum atomic E-state index is 0.140. The van der Waals surface area contributed by atoms with Crippen molar-refractivity contribution >= 4 is 27.7 Å². The summed E-state index contributed by atoms with van der Waals surface area (Å²) in [5, 5.41) is 3.52. The summed E-state index contributed by atoms with van der Waals surface area (Å²) in [6.45, 7) is 9.59. The van der Waals surface area contributed by atoms with E-state index in [1.807, 2.05) is 0 Å². The Balaban J connectivity index is 2.11. The highest BCUT2D eigenvalue weighted by atomic mass is 79.9. The van der Waals surface area contributed by atoms with E-state index >= 15 is 0 Å². The Labute approximate surface area is 140 Å². The number of rotatable bonds is 4. The van der Waals surface area contributed by atoms with Crippen LogP contribution < -0.4 is 5.32 Å². The van der Waals surface area contributed by atoms with Gasteiger partial charge in [0.05, 0.1) is 0 Å². The molecule has 0 heterocycles. The molecular weight excluding hydrogens is 342 g/mol. The zero-order valence-electron chi connectivity index (χ0n) is 13.0. The fourth-order valence-corrected chi connectivity index (χ4v) is 3.47. The van der Waals surface area contributed by atoms with Gasteiger partial charge in [-0.3, -0.25) is 0 Å². The van der Waals surface area contributed by atoms with Gasteiger partial charge in [0, 0.05) is 26.3 Å². The van der Waals surface area contributed by atoms with E-state index in [2.05, 4.69) is 91.4 Å². The molecule has 1 nitrogen and oxygen atoms in total. The molecule has 0 amide bonds. The summed E-state index contributed by atoms with van der Waals surface area (Å²) in [4.78, 5) is 2.56. The van der Waals surface area contributed by atoms with Crippen LogP contribution in [0.25, 0.3) is 0 Å². The van der Waals surface area contributed by atoms with Crippen LogP contribution in [0, 0.1) is 6.92 Å². The first-order chi connectivity index (χ1) is 9.85. The second-order valence-corrected chi connectivity index (χ2v) is 8.17. The molecule has 2 aromatic rings. The number of hydrogen-bond donors (Lipinski definition) is 1. The van der Waals surface area contributed by atoms with Crippen molar-refractivity contribution in [2.75, 3.05) is 0 Å². The third-order valence-corrected chi connectivity index (χ3v) is 5.31. The molecule has 0 aliphatic rings. The Kier molecular flexibility index (Phi) is 5.53. The van der Waals surface area contributed by atoms with Crippen molar-refractivity contribution in [2.45, 2.75) is 49.6 Å². The fourth-order valence-electron chi connectivity index (χ4n) is 1.89. The highest BCUT2D eigenvalue weighted by Gasteiger charge is 2.10. The lowest BCUT2D eigenvalue weighted by Gasteiger charge is -2.20. The maximum absolute atomic E-state index is 3.70. The second-order valence-electron chi connectivity index (χ2n) is 6.24. The molecule has 0 saturated carbocycles. The predicted octanol–water partition coefficient (Wildman–Crippen LogP) is 5.80. The molecule has 3 heteroatoms. The van der Waals surface area contributed by atoms with Crippen LogP contribution in [0.3, 0.4) is 0 Å². The van der Waals surface area contributed by atoms with Gasteiger partial charge in [0.1, 0.15) is 0 Å². The van der Waals surface area contributed by atoms with Gasteiger partial charge < -0.3 is 5.32 Å². The topological polar surface area (TPSA) is 12.0 Å². The third kappa shape index (κ3) is 5.17. The number of benzene rings is 2. The molecule has 0 aliphatic heterocycles. The summed E-state index contributed by atoms with van der Waals surface area (Å²) in [7, 11) is 0. The molecule has 0 atom stereocenters. The van der Waals surface area contributed by atoms with Gasteiger partial charge in [0.25, 0.3) is 0 Å². The van der Waals surface area contributed by atoms with Crippen LogP contribution in [-0.2, 0) is 6.54 Å². The Morgan fingerprint density at radius 1 is 1.05 bits per heavy atom. The zero-order chi connectivity index (χ0) is 15.5. The normalized spacial score (nSPS) is 11.7. The molecular formula is C18H22BrNS. The Morgan fingerprint density at radius 3 is 2.38 bits per heavy atom. The maximum atomic E-state index is 3.70. The standard InChI is InChI=1S/C18H22BrNS/c1-13-7-5-6-8-16(13)21-17-10-9-14(11-15(17)19)12-20-18(2,3)4/h5-11,20H,12H2,1-4H3. The first kappa shape index (κ1) is 16.6. The van der Waals surface area contributed by atoms with Crippen molar-refractivity contribution < 1.29 is 0 Å². The van der Waals surface area contributed by atoms with Crippen LogP contribution in [0.5, 0.6) is 0 Å². The summed E-state index contributed by atoms with van der Waals surface area (Å²) < 4.78 is 1.16. The monoisotopic (exact) mass is 363 g/mol. The Hall–Kier alpha value is -0.770. The van der Waals surface area contributed by atoms with Crippen LogP contribution >= 0.6 is 27.7 Å². The minimum Gasteiger partial charge on any atom is -0.308 e. The van der Waals surface area contributed by atoms with E-state index in [-0.39, 0.29) is 5.54 Å². The molecule has 2 rings (SSSR count). The lowest BCUT2D eigenvalue weighted by atomic mass is 10.1. The second kappa shape index (κ2) is 6.99. The van der Waals surface area contributed by atoms with E-state index in [1.54, 1.807) is 11.8 Å². The van der Waals surface area contributed by atoms with Crippen LogP contribution in [0.4, 0.5) is 0 Å². The molecule has 0 radical (unpaired) electrons. The van der Waals surface area contributed by atoms with Gasteiger partial charge in [-0.15, -0.1) is 0 Å². The van der Waals surface area contributed by atoms with E-state index in [0.29, 0.717) is 0 Å². The lowest BCUT2D eigenvalue weighted by Crippen LogP contribution is -2.35. The smallest absolute Gasteiger partial charge is 0.0318 e. The minimum absolute atomic E-state index is 0.140. The van der Waals surface area contributed by atoms with Crippen molar-refractivity contribution in [1.82, 2.24) is 5.32 Å². The lowest BCUT2D eigenvalue weighted by molar-refractivity contribution is 0.424. The van der Waals surface area contributed by atoms with E-state index in [0.717, 1.165) is 11.0 Å². The molecule has 21 heavy (non-hydrogen) atoms. The predicted molar refractivity (Wildman–Crippen MR) is 96.0 cm³/mol. The molecule has 0 saturated heterocycles. The van der Waals surface area contributed by atoms with Gasteiger partial charge >= 0.3 is 0 Å². The Morgan fingerprint density at radius 2 is 1.76 bits per heavy atom. The van der Waals surface area contributed by atoms with E-state index in [1.165, 1.54) is 20.9 Å². The fraction of sp³-hybridized carbons (Fsp3) is 0.333. The van der Waals surface area contributed by atoms with Crippen molar-refractivity contribution in [3.63, 3.8) is 0 Å². The summed E-state index contributed by atoms with van der Waals surface area (Å²) in [6, 6.07) is 15.1. The zero-order valence-corrected chi connectivity index (χ0v) is 15.4. The maximum Gasteiger partial charge on any atom is 0.0318 e. The first-order valence-corrected chi connectivity index (χ1v) is 8.73. The van der Waals surface area contributed by atoms with Gasteiger partial charge in [-0.2, -0.15) is 0 Å². The van der Waals surface area contributed by atoms with Gasteiger partial charge in [-0.1, -0.05) is 36.0 Å². The van der Waals surface area contributed by atoms with Gasteiger partial charge in [0.2, 0.25) is 0 Å². The third-order valence-electron chi connectivity index (χ3n) is 3.13. The van der Waals surface area contributed by atoms with Gasteiger partial charge in [-0.05, 0) is 73.0 Å². The number of aryl methyl sites for hydroxylation is 1. The van der Waals surface area contributed by atoms with E-state index < -0.39 is 0 Å². The summed E-state index contributed by atoms with van der Waals surface area (Å²) in [6.07, 6.45) is 0. The van der Waals surface area contributed by atoms with Gasteiger partial charge in [0.15, 0.2) is 0 Å². The molecule has 0 bridgehead atoms. The molecule has 0 fully saturated rings. The molecule has 0 aliphatic carbocycles. The first-order valence-electron chi connectivity index (χ1n) is 7.12. The molecule has 1 N–H and O–H groups in total. The van der Waals surface area contributed by atoms with Crippen LogP contribution in [-0.4, -0.2) is 5.54 Å². The number of hydrogen-bond acceptors (Lipinski definition) is 2. The average molecular weight is 364 g/mol. The largest absolute Gasteiger partial charge is 0.308 e. The summed E-state index contributed by atoms with van der Waals surface area (Å²) in [5.41, 5.74) is 2.75. The van der Waals surface area contributed by atoms with Crippen LogP contribution in [0.15, 0.2) is 56.7 Å². The molecule has 0 unspecified atom stereocenters. The molecule has 0 aromatic heterocycles. The quantitative estimate of drug-likeness (QED) is 0.736.